The van der Waals surface area contributed by atoms with Crippen LogP contribution >= 0.6 is 0 Å². The first kappa shape index (κ1) is 8.57. The van der Waals surface area contributed by atoms with Crippen molar-refractivity contribution in [3.05, 3.63) is 0 Å². The third-order valence-corrected chi connectivity index (χ3v) is 2.94. The van der Waals surface area contributed by atoms with Gasteiger partial charge in [0.25, 0.3) is 10.1 Å². The highest BCUT2D eigenvalue weighted by Gasteiger charge is 2.34. The molecule has 11 heavy (non-hydrogen) atoms. The minimum Gasteiger partial charge on any atom is -0.266 e. The summed E-state index contributed by atoms with van der Waals surface area (Å²) in [5.74, 6) is 5.37. The average Bonchev–Trinajstić information content (AvgIpc) is 2.07. The van der Waals surface area contributed by atoms with Gasteiger partial charge in [-0.1, -0.05) is 5.92 Å². The van der Waals surface area contributed by atoms with Crippen molar-refractivity contribution in [3.8, 4) is 11.8 Å². The van der Waals surface area contributed by atoms with Crippen LogP contribution in [0.4, 0.5) is 0 Å². The Balaban J connectivity index is 2.80. The monoisotopic (exact) mass is 174 g/mol. The van der Waals surface area contributed by atoms with E-state index >= 15 is 0 Å². The number of hydrogen-bond donors (Lipinski definition) is 0. The van der Waals surface area contributed by atoms with Crippen molar-refractivity contribution in [2.24, 2.45) is 5.92 Å². The minimum absolute atomic E-state index is 0.0367. The van der Waals surface area contributed by atoms with Gasteiger partial charge in [0, 0.05) is 0 Å². The molecule has 1 heterocycles. The molecule has 1 rings (SSSR count). The molecule has 1 saturated heterocycles. The van der Waals surface area contributed by atoms with Gasteiger partial charge in [-0.15, -0.1) is 5.92 Å². The highest BCUT2D eigenvalue weighted by molar-refractivity contribution is 7.87. The lowest BCUT2D eigenvalue weighted by Gasteiger charge is -2.01. The third kappa shape index (κ3) is 1.95. The zero-order valence-electron chi connectivity index (χ0n) is 6.49. The first-order chi connectivity index (χ1) is 5.05. The fourth-order valence-corrected chi connectivity index (χ4v) is 2.51. The van der Waals surface area contributed by atoms with Crippen LogP contribution in [0.5, 0.6) is 0 Å². The summed E-state index contributed by atoms with van der Waals surface area (Å²) in [6, 6.07) is 0. The molecule has 0 aliphatic carbocycles. The molecule has 2 atom stereocenters. The summed E-state index contributed by atoms with van der Waals surface area (Å²) in [5, 5.41) is 0. The smallest absolute Gasteiger partial charge is 0.266 e. The van der Waals surface area contributed by atoms with Gasteiger partial charge < -0.3 is 0 Å². The van der Waals surface area contributed by atoms with Crippen LogP contribution in [0.25, 0.3) is 0 Å². The van der Waals surface area contributed by atoms with Crippen molar-refractivity contribution < 1.29 is 12.6 Å². The average molecular weight is 174 g/mol. The molecule has 62 valence electrons. The third-order valence-electron chi connectivity index (χ3n) is 1.58. The van der Waals surface area contributed by atoms with Gasteiger partial charge in [-0.25, -0.2) is 0 Å². The lowest BCUT2D eigenvalue weighted by molar-refractivity contribution is 0.233. The Morgan fingerprint density at radius 2 is 2.18 bits per heavy atom. The molecule has 0 N–H and O–H groups in total. The molecule has 2 unspecified atom stereocenters. The second kappa shape index (κ2) is 2.84. The van der Waals surface area contributed by atoms with Crippen LogP contribution in [-0.4, -0.2) is 20.3 Å². The van der Waals surface area contributed by atoms with Crippen LogP contribution in [0.15, 0.2) is 0 Å². The predicted molar refractivity (Wildman–Crippen MR) is 41.3 cm³/mol. The van der Waals surface area contributed by atoms with E-state index in [1.54, 1.807) is 13.8 Å². The Labute approximate surface area is 66.9 Å². The molecule has 1 fully saturated rings. The molecular formula is C7H10O3S. The van der Waals surface area contributed by atoms with Gasteiger partial charge in [0.2, 0.25) is 0 Å². The summed E-state index contributed by atoms with van der Waals surface area (Å²) in [4.78, 5) is 0. The molecule has 0 aromatic rings. The van der Waals surface area contributed by atoms with Crippen LogP contribution in [0.1, 0.15) is 13.8 Å². The van der Waals surface area contributed by atoms with Crippen LogP contribution in [-0.2, 0) is 14.3 Å². The molecule has 0 radical (unpaired) electrons. The van der Waals surface area contributed by atoms with Crippen LogP contribution in [0, 0.1) is 17.8 Å². The lowest BCUT2D eigenvalue weighted by atomic mass is 10.1. The molecule has 1 aliphatic heterocycles. The highest BCUT2D eigenvalue weighted by Crippen LogP contribution is 2.21. The molecule has 0 amide bonds. The van der Waals surface area contributed by atoms with Gasteiger partial charge in [-0.2, -0.15) is 8.42 Å². The van der Waals surface area contributed by atoms with E-state index in [4.69, 9.17) is 0 Å². The summed E-state index contributed by atoms with van der Waals surface area (Å²) < 4.78 is 26.4. The fraction of sp³-hybridized carbons (Fsp3) is 0.714. The largest absolute Gasteiger partial charge is 0.268 e. The molecule has 1 aliphatic rings. The van der Waals surface area contributed by atoms with E-state index in [1.165, 1.54) is 0 Å². The zero-order chi connectivity index (χ0) is 8.48. The standard InChI is InChI=1S/C7H10O3S/c1-3-4-7-5-11(8,9)10-6(7)2/h6-7H,5H2,1-2H3. The molecule has 3 nitrogen and oxygen atoms in total. The van der Waals surface area contributed by atoms with Gasteiger partial charge >= 0.3 is 0 Å². The van der Waals surface area contributed by atoms with E-state index in [-0.39, 0.29) is 17.8 Å². The van der Waals surface area contributed by atoms with E-state index in [1.807, 2.05) is 0 Å². The van der Waals surface area contributed by atoms with Crippen molar-refractivity contribution in [3.63, 3.8) is 0 Å². The molecule has 4 heteroatoms. The molecule has 0 bridgehead atoms. The minimum atomic E-state index is -3.27. The van der Waals surface area contributed by atoms with Gasteiger partial charge in [0.05, 0.1) is 17.8 Å². The Morgan fingerprint density at radius 3 is 2.55 bits per heavy atom. The van der Waals surface area contributed by atoms with E-state index < -0.39 is 10.1 Å². The SMILES string of the molecule is CC#CC1CS(=O)(=O)OC1C. The number of hydrogen-bond acceptors (Lipinski definition) is 3. The molecule has 0 saturated carbocycles. The molecular weight excluding hydrogens is 164 g/mol. The van der Waals surface area contributed by atoms with Crippen molar-refractivity contribution in [2.75, 3.05) is 5.75 Å². The Kier molecular flexibility index (Phi) is 2.21. The van der Waals surface area contributed by atoms with Crippen LogP contribution in [0.2, 0.25) is 0 Å². The van der Waals surface area contributed by atoms with Gasteiger partial charge in [-0.05, 0) is 13.8 Å². The fourth-order valence-electron chi connectivity index (χ4n) is 1.04. The summed E-state index contributed by atoms with van der Waals surface area (Å²) in [6.07, 6.45) is -0.285. The van der Waals surface area contributed by atoms with Gasteiger partial charge in [0.15, 0.2) is 0 Å². The second-order valence-corrected chi connectivity index (χ2v) is 4.17. The van der Waals surface area contributed by atoms with E-state index in [9.17, 15) is 8.42 Å². The van der Waals surface area contributed by atoms with Crippen LogP contribution < -0.4 is 0 Å². The first-order valence-electron chi connectivity index (χ1n) is 3.38. The first-order valence-corrected chi connectivity index (χ1v) is 4.96. The van der Waals surface area contributed by atoms with Crippen molar-refractivity contribution in [2.45, 2.75) is 20.0 Å². The summed E-state index contributed by atoms with van der Waals surface area (Å²) >= 11 is 0. The quantitative estimate of drug-likeness (QED) is 0.394. The Bertz CT molecular complexity index is 293. The zero-order valence-corrected chi connectivity index (χ0v) is 7.31. The maximum Gasteiger partial charge on any atom is 0.268 e. The van der Waals surface area contributed by atoms with Gasteiger partial charge in [-0.3, -0.25) is 4.18 Å². The Hall–Kier alpha value is -0.530. The molecule has 0 aromatic heterocycles. The van der Waals surface area contributed by atoms with Crippen molar-refractivity contribution in [1.29, 1.82) is 0 Å². The second-order valence-electron chi connectivity index (χ2n) is 2.53. The number of rotatable bonds is 0. The lowest BCUT2D eigenvalue weighted by Crippen LogP contribution is -2.10. The summed E-state index contributed by atoms with van der Waals surface area (Å²) in [7, 11) is -3.27. The van der Waals surface area contributed by atoms with E-state index in [2.05, 4.69) is 16.0 Å². The predicted octanol–water partition coefficient (Wildman–Crippen LogP) is 0.374. The topological polar surface area (TPSA) is 43.4 Å². The van der Waals surface area contributed by atoms with E-state index in [0.29, 0.717) is 0 Å². The Morgan fingerprint density at radius 1 is 1.55 bits per heavy atom. The van der Waals surface area contributed by atoms with Crippen LogP contribution in [0.3, 0.4) is 0 Å². The van der Waals surface area contributed by atoms with Crippen molar-refractivity contribution >= 4 is 10.1 Å². The summed E-state index contributed by atoms with van der Waals surface area (Å²) in [6.45, 7) is 3.41. The molecule has 0 spiro atoms. The maximum absolute atomic E-state index is 10.8. The highest BCUT2D eigenvalue weighted by atomic mass is 32.2. The molecule has 0 aromatic carbocycles. The van der Waals surface area contributed by atoms with Gasteiger partial charge in [0.1, 0.15) is 0 Å². The summed E-state index contributed by atoms with van der Waals surface area (Å²) in [5.41, 5.74) is 0. The van der Waals surface area contributed by atoms with Crippen molar-refractivity contribution in [1.82, 2.24) is 0 Å². The normalized spacial score (nSPS) is 34.4. The van der Waals surface area contributed by atoms with E-state index in [0.717, 1.165) is 0 Å². The maximum atomic E-state index is 10.8.